The molecule has 0 aliphatic rings. The number of esters is 1. The molecule has 19 heavy (non-hydrogen) atoms. The molecule has 0 aromatic heterocycles. The summed E-state index contributed by atoms with van der Waals surface area (Å²) in [5.41, 5.74) is 3.28. The van der Waals surface area contributed by atoms with Crippen LogP contribution in [-0.2, 0) is 14.3 Å². The van der Waals surface area contributed by atoms with Crippen molar-refractivity contribution >= 4 is 29.4 Å². The molecule has 3 N–H and O–H groups in total. The fourth-order valence-electron chi connectivity index (χ4n) is 1.46. The number of hydrogen-bond acceptors (Lipinski definition) is 3. The normalized spacial score (nSPS) is 14.1. The van der Waals surface area contributed by atoms with Crippen LogP contribution >= 0.6 is 11.6 Å². The van der Waals surface area contributed by atoms with E-state index in [1.807, 2.05) is 0 Å². The lowest BCUT2D eigenvalue weighted by molar-refractivity contribution is -0.391. The van der Waals surface area contributed by atoms with Gasteiger partial charge in [0.05, 0.1) is 0 Å². The van der Waals surface area contributed by atoms with E-state index in [4.69, 9.17) is 16.3 Å². The maximum atomic E-state index is 12.0. The first kappa shape index (κ1) is 15.4. The fraction of sp³-hybridized carbons (Fsp3) is 0.286. The SMILES string of the molecule is CC(=O)OC(C)(C[NH3+])C(=O)/C=C/c1ccc(Cl)cc1. The summed E-state index contributed by atoms with van der Waals surface area (Å²) in [6.07, 6.45) is 3.04. The summed E-state index contributed by atoms with van der Waals surface area (Å²) in [5, 5.41) is 0.631. The topological polar surface area (TPSA) is 71.0 Å². The van der Waals surface area contributed by atoms with Crippen LogP contribution < -0.4 is 5.73 Å². The van der Waals surface area contributed by atoms with Gasteiger partial charge in [-0.25, -0.2) is 0 Å². The van der Waals surface area contributed by atoms with E-state index in [9.17, 15) is 9.59 Å². The van der Waals surface area contributed by atoms with Crippen molar-refractivity contribution in [1.29, 1.82) is 0 Å². The number of halogens is 1. The van der Waals surface area contributed by atoms with Crippen molar-refractivity contribution in [3.8, 4) is 0 Å². The number of rotatable bonds is 5. The molecular formula is C14H17ClNO3+. The lowest BCUT2D eigenvalue weighted by atomic mass is 9.99. The van der Waals surface area contributed by atoms with Crippen molar-refractivity contribution in [2.45, 2.75) is 19.4 Å². The predicted molar refractivity (Wildman–Crippen MR) is 73.4 cm³/mol. The number of quaternary nitrogens is 1. The number of carbonyl (C=O) groups is 2. The van der Waals surface area contributed by atoms with Gasteiger partial charge in [-0.1, -0.05) is 29.8 Å². The smallest absolute Gasteiger partial charge is 0.303 e. The van der Waals surface area contributed by atoms with Crippen LogP contribution in [0.2, 0.25) is 5.02 Å². The Hall–Kier alpha value is -1.65. The largest absolute Gasteiger partial charge is 0.445 e. The number of benzene rings is 1. The Morgan fingerprint density at radius 2 is 1.95 bits per heavy atom. The molecule has 0 aliphatic carbocycles. The van der Waals surface area contributed by atoms with E-state index in [1.165, 1.54) is 13.0 Å². The number of ether oxygens (including phenoxy) is 1. The minimum Gasteiger partial charge on any atom is -0.445 e. The van der Waals surface area contributed by atoms with Crippen LogP contribution in [0.15, 0.2) is 30.3 Å². The Labute approximate surface area is 117 Å². The molecule has 0 saturated heterocycles. The second-order valence-electron chi connectivity index (χ2n) is 4.32. The maximum Gasteiger partial charge on any atom is 0.303 e. The summed E-state index contributed by atoms with van der Waals surface area (Å²) in [7, 11) is 0. The van der Waals surface area contributed by atoms with Gasteiger partial charge in [0.15, 0.2) is 0 Å². The van der Waals surface area contributed by atoms with Gasteiger partial charge in [-0.05, 0) is 30.7 Å². The first-order chi connectivity index (χ1) is 8.87. The van der Waals surface area contributed by atoms with Crippen LogP contribution in [0, 0.1) is 0 Å². The Morgan fingerprint density at radius 3 is 2.42 bits per heavy atom. The molecule has 0 amide bonds. The molecule has 4 nitrogen and oxygen atoms in total. The average molecular weight is 283 g/mol. The highest BCUT2D eigenvalue weighted by Gasteiger charge is 2.35. The van der Waals surface area contributed by atoms with Gasteiger partial charge in [0.1, 0.15) is 6.54 Å². The number of carbonyl (C=O) groups excluding carboxylic acids is 2. The molecule has 1 atom stereocenters. The van der Waals surface area contributed by atoms with Gasteiger partial charge in [-0.2, -0.15) is 0 Å². The van der Waals surface area contributed by atoms with Crippen molar-refractivity contribution in [2.75, 3.05) is 6.54 Å². The standard InChI is InChI=1S/C14H16ClNO3/c1-10(17)19-14(2,9-16)13(18)8-5-11-3-6-12(15)7-4-11/h3-8H,9,16H2,1-2H3/p+1/b8-5+. The quantitative estimate of drug-likeness (QED) is 0.657. The first-order valence-corrected chi connectivity index (χ1v) is 6.22. The van der Waals surface area contributed by atoms with Crippen LogP contribution in [0.1, 0.15) is 19.4 Å². The third kappa shape index (κ3) is 4.50. The van der Waals surface area contributed by atoms with Gasteiger partial charge in [0.25, 0.3) is 0 Å². The van der Waals surface area contributed by atoms with Gasteiger partial charge < -0.3 is 10.5 Å². The summed E-state index contributed by atoms with van der Waals surface area (Å²) in [5.74, 6) is -0.799. The van der Waals surface area contributed by atoms with E-state index in [1.54, 1.807) is 37.3 Å². The molecule has 0 fully saturated rings. The Morgan fingerprint density at radius 1 is 1.37 bits per heavy atom. The highest BCUT2D eigenvalue weighted by Crippen LogP contribution is 2.14. The van der Waals surface area contributed by atoms with Crippen LogP contribution in [-0.4, -0.2) is 23.9 Å². The van der Waals surface area contributed by atoms with Gasteiger partial charge in [0, 0.05) is 11.9 Å². The van der Waals surface area contributed by atoms with Crippen LogP contribution in [0.3, 0.4) is 0 Å². The predicted octanol–water partition coefficient (Wildman–Crippen LogP) is 1.49. The zero-order valence-electron chi connectivity index (χ0n) is 11.0. The minimum absolute atomic E-state index is 0.177. The highest BCUT2D eigenvalue weighted by molar-refractivity contribution is 6.30. The molecule has 1 aromatic rings. The highest BCUT2D eigenvalue weighted by atomic mass is 35.5. The molecule has 0 bridgehead atoms. The summed E-state index contributed by atoms with van der Waals surface area (Å²) in [6, 6.07) is 7.05. The Kier molecular flexibility index (Phi) is 5.27. The molecular weight excluding hydrogens is 266 g/mol. The van der Waals surface area contributed by atoms with Crippen molar-refractivity contribution < 1.29 is 20.1 Å². The molecule has 1 rings (SSSR count). The van der Waals surface area contributed by atoms with E-state index in [-0.39, 0.29) is 12.3 Å². The molecule has 0 spiro atoms. The Balaban J connectivity index is 2.82. The maximum absolute atomic E-state index is 12.0. The number of hydrogen-bond donors (Lipinski definition) is 1. The van der Waals surface area contributed by atoms with E-state index in [0.29, 0.717) is 5.02 Å². The first-order valence-electron chi connectivity index (χ1n) is 5.84. The summed E-state index contributed by atoms with van der Waals surface area (Å²) in [4.78, 5) is 23.0. The van der Waals surface area contributed by atoms with Crippen LogP contribution in [0.25, 0.3) is 6.08 Å². The molecule has 0 heterocycles. The van der Waals surface area contributed by atoms with E-state index < -0.39 is 11.6 Å². The molecule has 5 heteroatoms. The third-order valence-corrected chi connectivity index (χ3v) is 2.92. The van der Waals surface area contributed by atoms with Crippen LogP contribution in [0.4, 0.5) is 0 Å². The monoisotopic (exact) mass is 282 g/mol. The summed E-state index contributed by atoms with van der Waals surface area (Å²) < 4.78 is 5.03. The van der Waals surface area contributed by atoms with Gasteiger partial charge in [-0.3, -0.25) is 9.59 Å². The summed E-state index contributed by atoms with van der Waals surface area (Å²) in [6.45, 7) is 3.00. The van der Waals surface area contributed by atoms with Crippen LogP contribution in [0.5, 0.6) is 0 Å². The zero-order valence-corrected chi connectivity index (χ0v) is 11.7. The lowest BCUT2D eigenvalue weighted by Crippen LogP contribution is -2.64. The number of ketones is 1. The molecule has 1 unspecified atom stereocenters. The molecule has 0 radical (unpaired) electrons. The van der Waals surface area contributed by atoms with Gasteiger partial charge >= 0.3 is 5.97 Å². The van der Waals surface area contributed by atoms with E-state index >= 15 is 0 Å². The molecule has 1 aromatic carbocycles. The Bertz CT molecular complexity index is 496. The third-order valence-electron chi connectivity index (χ3n) is 2.66. The van der Waals surface area contributed by atoms with Gasteiger partial charge in [-0.15, -0.1) is 0 Å². The molecule has 0 aliphatic heterocycles. The van der Waals surface area contributed by atoms with Crippen molar-refractivity contribution in [3.05, 3.63) is 40.9 Å². The zero-order chi connectivity index (χ0) is 14.5. The minimum atomic E-state index is -1.21. The second-order valence-corrected chi connectivity index (χ2v) is 4.76. The van der Waals surface area contributed by atoms with E-state index in [2.05, 4.69) is 5.73 Å². The van der Waals surface area contributed by atoms with Crippen molar-refractivity contribution in [3.63, 3.8) is 0 Å². The summed E-state index contributed by atoms with van der Waals surface area (Å²) >= 11 is 5.77. The lowest BCUT2D eigenvalue weighted by Gasteiger charge is -2.22. The second kappa shape index (κ2) is 6.50. The van der Waals surface area contributed by atoms with Gasteiger partial charge in [0.2, 0.25) is 11.4 Å². The molecule has 0 saturated carbocycles. The fourth-order valence-corrected chi connectivity index (χ4v) is 1.59. The van der Waals surface area contributed by atoms with Crippen molar-refractivity contribution in [1.82, 2.24) is 0 Å². The molecule has 102 valence electrons. The average Bonchev–Trinajstić information content (AvgIpc) is 2.36. The van der Waals surface area contributed by atoms with E-state index in [0.717, 1.165) is 5.56 Å². The van der Waals surface area contributed by atoms with Crippen molar-refractivity contribution in [2.24, 2.45) is 0 Å².